The van der Waals surface area contributed by atoms with Crippen molar-refractivity contribution in [2.24, 2.45) is 0 Å². The largest absolute Gasteiger partial charge is 0.414 e. The van der Waals surface area contributed by atoms with E-state index >= 15 is 0 Å². The van der Waals surface area contributed by atoms with E-state index in [1.165, 1.54) is 12.1 Å². The van der Waals surface area contributed by atoms with Crippen molar-refractivity contribution < 1.29 is 9.53 Å². The molecule has 0 saturated heterocycles. The number of carbonyl (C=O) groups excluding carboxylic acids is 1. The molecule has 0 heterocycles. The van der Waals surface area contributed by atoms with Crippen LogP contribution in [0.25, 0.3) is 0 Å². The van der Waals surface area contributed by atoms with Crippen LogP contribution in [0.3, 0.4) is 0 Å². The number of alkyl halides is 3. The van der Waals surface area contributed by atoms with Crippen molar-refractivity contribution in [2.75, 3.05) is 0 Å². The quantitative estimate of drug-likeness (QED) is 0.565. The van der Waals surface area contributed by atoms with Gasteiger partial charge in [0.1, 0.15) is 5.75 Å². The molecule has 0 atom stereocenters. The van der Waals surface area contributed by atoms with E-state index in [0.29, 0.717) is 5.56 Å². The summed E-state index contributed by atoms with van der Waals surface area (Å²) >= 11 is 21.9. The Morgan fingerprint density at radius 1 is 1.29 bits per heavy atom. The maximum atomic E-state index is 10.4. The van der Waals surface area contributed by atoms with E-state index in [-0.39, 0.29) is 5.75 Å². The monoisotopic (exact) mass is 272 g/mol. The van der Waals surface area contributed by atoms with Crippen LogP contribution in [-0.2, 0) is 3.79 Å². The average molecular weight is 274 g/mol. The molecule has 0 aliphatic carbocycles. The normalized spacial score (nSPS) is 11.1. The minimum absolute atomic E-state index is 0.230. The second-order valence-corrected chi connectivity index (χ2v) is 4.96. The van der Waals surface area contributed by atoms with Crippen LogP contribution in [0.1, 0.15) is 5.56 Å². The number of carbonyl (C=O) groups is 1. The fraction of sp³-hybridized carbons (Fsp3) is 0.125. The van der Waals surface area contributed by atoms with E-state index < -0.39 is 9.22 Å². The van der Waals surface area contributed by atoms with Gasteiger partial charge in [-0.3, -0.25) is 0 Å². The number of hydrogen-bond acceptors (Lipinski definition) is 2. The van der Waals surface area contributed by atoms with Crippen LogP contribution in [0, 0.1) is 0 Å². The van der Waals surface area contributed by atoms with E-state index in [2.05, 4.69) is 4.74 Å². The third-order valence-electron chi connectivity index (χ3n) is 1.36. The van der Waals surface area contributed by atoms with Gasteiger partial charge in [-0.05, 0) is 12.1 Å². The minimum Gasteiger partial charge on any atom is -0.414 e. The lowest BCUT2D eigenvalue weighted by Crippen LogP contribution is -2.02. The van der Waals surface area contributed by atoms with Gasteiger partial charge in [0.2, 0.25) is 3.79 Å². The second-order valence-electron chi connectivity index (χ2n) is 2.37. The van der Waals surface area contributed by atoms with E-state index in [9.17, 15) is 4.79 Å². The van der Waals surface area contributed by atoms with Gasteiger partial charge in [-0.25, -0.2) is 4.79 Å². The van der Waals surface area contributed by atoms with Gasteiger partial charge in [-0.15, -0.1) is 0 Å². The fourth-order valence-electron chi connectivity index (χ4n) is 0.829. The van der Waals surface area contributed by atoms with Gasteiger partial charge in [0.15, 0.2) is 0 Å². The molecular formula is C8H4Cl4O2. The summed E-state index contributed by atoms with van der Waals surface area (Å²) < 4.78 is 3.05. The van der Waals surface area contributed by atoms with Crippen LogP contribution in [-0.4, -0.2) is 5.43 Å². The molecule has 0 amide bonds. The summed E-state index contributed by atoms with van der Waals surface area (Å²) in [5, 5.41) is 0. The van der Waals surface area contributed by atoms with Crippen molar-refractivity contribution in [3.63, 3.8) is 0 Å². The van der Waals surface area contributed by atoms with Gasteiger partial charge in [-0.2, -0.15) is 0 Å². The van der Waals surface area contributed by atoms with Crippen molar-refractivity contribution in [3.05, 3.63) is 29.8 Å². The van der Waals surface area contributed by atoms with Crippen LogP contribution < -0.4 is 4.74 Å². The molecule has 0 aromatic heterocycles. The molecule has 14 heavy (non-hydrogen) atoms. The Morgan fingerprint density at radius 3 is 2.43 bits per heavy atom. The third kappa shape index (κ3) is 3.54. The Morgan fingerprint density at radius 2 is 1.93 bits per heavy atom. The first-order valence-corrected chi connectivity index (χ1v) is 4.95. The summed E-state index contributed by atoms with van der Waals surface area (Å²) in [6.07, 6.45) is 0. The van der Waals surface area contributed by atoms with Gasteiger partial charge in [-0.1, -0.05) is 46.9 Å². The summed E-state index contributed by atoms with van der Waals surface area (Å²) in [4.78, 5) is 10.4. The number of halogens is 4. The molecule has 1 aromatic rings. The van der Waals surface area contributed by atoms with Crippen LogP contribution in [0.4, 0.5) is 4.79 Å². The second kappa shape index (κ2) is 4.58. The maximum absolute atomic E-state index is 10.4. The van der Waals surface area contributed by atoms with Gasteiger partial charge in [0.05, 0.1) is 0 Å². The average Bonchev–Trinajstić information content (AvgIpc) is 2.01. The first-order valence-electron chi connectivity index (χ1n) is 3.44. The molecule has 0 saturated carbocycles. The molecule has 0 spiro atoms. The Kier molecular flexibility index (Phi) is 3.90. The zero-order valence-corrected chi connectivity index (χ0v) is 9.66. The lowest BCUT2D eigenvalue weighted by Gasteiger charge is -2.11. The maximum Gasteiger partial charge on any atom is 0.409 e. The first-order chi connectivity index (χ1) is 6.39. The third-order valence-corrected chi connectivity index (χ3v) is 2.09. The van der Waals surface area contributed by atoms with Crippen molar-refractivity contribution in [2.45, 2.75) is 3.79 Å². The predicted octanol–water partition coefficient (Wildman–Crippen LogP) is 4.25. The lowest BCUT2D eigenvalue weighted by atomic mass is 10.2. The number of benzene rings is 1. The molecule has 1 aromatic carbocycles. The number of ether oxygens (including phenoxy) is 1. The zero-order valence-electron chi connectivity index (χ0n) is 6.64. The van der Waals surface area contributed by atoms with Gasteiger partial charge < -0.3 is 4.74 Å². The molecule has 0 N–H and O–H groups in total. The first kappa shape index (κ1) is 11.9. The number of hydrogen-bond donors (Lipinski definition) is 0. The Balaban J connectivity index is 2.95. The van der Waals surface area contributed by atoms with E-state index in [1.54, 1.807) is 12.1 Å². The highest BCUT2D eigenvalue weighted by Gasteiger charge is 2.23. The highest BCUT2D eigenvalue weighted by molar-refractivity contribution is 6.66. The Labute approximate surface area is 101 Å². The Hall–Kier alpha value is -0.150. The van der Waals surface area contributed by atoms with Gasteiger partial charge >= 0.3 is 5.43 Å². The van der Waals surface area contributed by atoms with Crippen molar-refractivity contribution in [1.29, 1.82) is 0 Å². The fourth-order valence-corrected chi connectivity index (χ4v) is 1.27. The molecule has 6 heteroatoms. The smallest absolute Gasteiger partial charge is 0.409 e. The SMILES string of the molecule is O=C(Cl)Oc1cccc(C(Cl)(Cl)Cl)c1. The number of rotatable bonds is 1. The van der Waals surface area contributed by atoms with Gasteiger partial charge in [0.25, 0.3) is 0 Å². The standard InChI is InChI=1S/C8H4Cl4O2/c9-7(13)14-6-3-1-2-5(4-6)8(10,11)12/h1-4H. The minimum atomic E-state index is -1.55. The van der Waals surface area contributed by atoms with Crippen LogP contribution in [0.15, 0.2) is 24.3 Å². The molecule has 2 nitrogen and oxygen atoms in total. The van der Waals surface area contributed by atoms with Crippen molar-refractivity contribution >= 4 is 51.8 Å². The van der Waals surface area contributed by atoms with E-state index in [1.807, 2.05) is 0 Å². The zero-order chi connectivity index (χ0) is 10.8. The van der Waals surface area contributed by atoms with Crippen LogP contribution in [0.2, 0.25) is 0 Å². The molecule has 1 rings (SSSR count). The van der Waals surface area contributed by atoms with Crippen molar-refractivity contribution in [1.82, 2.24) is 0 Å². The molecule has 0 bridgehead atoms. The highest BCUT2D eigenvalue weighted by atomic mass is 35.6. The molecule has 76 valence electrons. The Bertz CT molecular complexity index is 345. The molecule has 0 radical (unpaired) electrons. The molecule has 0 aliphatic rings. The van der Waals surface area contributed by atoms with Crippen LogP contribution >= 0.6 is 46.4 Å². The van der Waals surface area contributed by atoms with E-state index in [4.69, 9.17) is 46.4 Å². The molecule has 0 unspecified atom stereocenters. The summed E-state index contributed by atoms with van der Waals surface area (Å²) in [6, 6.07) is 6.14. The molecular weight excluding hydrogens is 270 g/mol. The van der Waals surface area contributed by atoms with E-state index in [0.717, 1.165) is 0 Å². The summed E-state index contributed by atoms with van der Waals surface area (Å²) in [6.45, 7) is 0. The molecule has 0 fully saturated rings. The lowest BCUT2D eigenvalue weighted by molar-refractivity contribution is 0.225. The van der Waals surface area contributed by atoms with Gasteiger partial charge in [0, 0.05) is 17.2 Å². The van der Waals surface area contributed by atoms with Crippen molar-refractivity contribution in [3.8, 4) is 5.75 Å². The molecule has 0 aliphatic heterocycles. The summed E-state index contributed by atoms with van der Waals surface area (Å²) in [5.74, 6) is 0.230. The highest BCUT2D eigenvalue weighted by Crippen LogP contribution is 2.39. The van der Waals surface area contributed by atoms with Crippen LogP contribution in [0.5, 0.6) is 5.75 Å². The topological polar surface area (TPSA) is 26.3 Å². The summed E-state index contributed by atoms with van der Waals surface area (Å²) in [5.41, 5.74) is -0.538. The predicted molar refractivity (Wildman–Crippen MR) is 57.6 cm³/mol. The summed E-state index contributed by atoms with van der Waals surface area (Å²) in [7, 11) is 0.